The van der Waals surface area contributed by atoms with E-state index in [1.165, 1.54) is 6.42 Å². The molecule has 2 rings (SSSR count). The van der Waals surface area contributed by atoms with Gasteiger partial charge in [-0.3, -0.25) is 0 Å². The molecule has 2 unspecified atom stereocenters. The smallest absolute Gasteiger partial charge is 0.227 e. The van der Waals surface area contributed by atoms with Gasteiger partial charge in [-0.25, -0.2) is 0 Å². The summed E-state index contributed by atoms with van der Waals surface area (Å²) in [6, 6.07) is 0. The Kier molecular flexibility index (Phi) is 4.05. The van der Waals surface area contributed by atoms with Crippen molar-refractivity contribution in [1.82, 2.24) is 10.1 Å². The Morgan fingerprint density at radius 3 is 3.06 bits per heavy atom. The fourth-order valence-electron chi connectivity index (χ4n) is 2.61. The van der Waals surface area contributed by atoms with Crippen LogP contribution in [0.5, 0.6) is 0 Å². The van der Waals surface area contributed by atoms with E-state index < -0.39 is 0 Å². The van der Waals surface area contributed by atoms with Crippen LogP contribution in [0.4, 0.5) is 0 Å². The van der Waals surface area contributed by atoms with Crippen LogP contribution in [0.25, 0.3) is 0 Å². The van der Waals surface area contributed by atoms with Gasteiger partial charge in [0.15, 0.2) is 0 Å². The van der Waals surface area contributed by atoms with Crippen LogP contribution in [0.1, 0.15) is 44.3 Å². The van der Waals surface area contributed by atoms with Crippen molar-refractivity contribution in [3.8, 4) is 0 Å². The first-order chi connectivity index (χ1) is 8.20. The minimum absolute atomic E-state index is 0.355. The van der Waals surface area contributed by atoms with Crippen molar-refractivity contribution >= 4 is 11.6 Å². The maximum absolute atomic E-state index is 5.71. The maximum atomic E-state index is 5.71. The summed E-state index contributed by atoms with van der Waals surface area (Å²) in [7, 11) is 1.73. The van der Waals surface area contributed by atoms with Crippen molar-refractivity contribution in [3.05, 3.63) is 11.7 Å². The topological polar surface area (TPSA) is 48.2 Å². The SMILES string of the molecule is COC1(c2noc(CCCl)n2)CCCC(C)C1. The van der Waals surface area contributed by atoms with E-state index >= 15 is 0 Å². The zero-order valence-corrected chi connectivity index (χ0v) is 11.2. The molecule has 96 valence electrons. The van der Waals surface area contributed by atoms with Crippen LogP contribution in [0.2, 0.25) is 0 Å². The molecule has 1 aromatic heterocycles. The van der Waals surface area contributed by atoms with Crippen LogP contribution in [-0.4, -0.2) is 23.1 Å². The summed E-state index contributed by atoms with van der Waals surface area (Å²) in [4.78, 5) is 4.41. The van der Waals surface area contributed by atoms with Crippen molar-refractivity contribution in [2.75, 3.05) is 13.0 Å². The molecule has 1 heterocycles. The van der Waals surface area contributed by atoms with Gasteiger partial charge in [0.2, 0.25) is 11.7 Å². The molecule has 2 atom stereocenters. The summed E-state index contributed by atoms with van der Waals surface area (Å²) < 4.78 is 10.9. The van der Waals surface area contributed by atoms with E-state index in [-0.39, 0.29) is 5.60 Å². The van der Waals surface area contributed by atoms with Gasteiger partial charge in [0, 0.05) is 19.4 Å². The zero-order valence-electron chi connectivity index (χ0n) is 10.4. The van der Waals surface area contributed by atoms with Crippen LogP contribution in [0.15, 0.2) is 4.52 Å². The predicted molar refractivity (Wildman–Crippen MR) is 65.0 cm³/mol. The fourth-order valence-corrected chi connectivity index (χ4v) is 2.77. The number of alkyl halides is 1. The molecule has 1 fully saturated rings. The van der Waals surface area contributed by atoms with Crippen molar-refractivity contribution in [2.24, 2.45) is 5.92 Å². The fraction of sp³-hybridized carbons (Fsp3) is 0.833. The summed E-state index contributed by atoms with van der Waals surface area (Å²) in [6.45, 7) is 2.24. The average molecular weight is 259 g/mol. The van der Waals surface area contributed by atoms with Crippen LogP contribution >= 0.6 is 11.6 Å². The molecule has 1 aromatic rings. The Hall–Kier alpha value is -0.610. The molecular formula is C12H19ClN2O2. The van der Waals surface area contributed by atoms with Crippen molar-refractivity contribution < 1.29 is 9.26 Å². The lowest BCUT2D eigenvalue weighted by atomic mass is 9.78. The van der Waals surface area contributed by atoms with Gasteiger partial charge in [-0.2, -0.15) is 4.98 Å². The summed E-state index contributed by atoms with van der Waals surface area (Å²) in [5, 5.41) is 4.07. The molecule has 0 aromatic carbocycles. The summed E-state index contributed by atoms with van der Waals surface area (Å²) in [5.41, 5.74) is -0.355. The van der Waals surface area contributed by atoms with E-state index in [9.17, 15) is 0 Å². The standard InChI is InChI=1S/C12H19ClN2O2/c1-9-4-3-6-12(8-9,16-2)11-14-10(5-7-13)17-15-11/h9H,3-8H2,1-2H3. The number of halogens is 1. The molecule has 1 aliphatic rings. The van der Waals surface area contributed by atoms with Gasteiger partial charge >= 0.3 is 0 Å². The van der Waals surface area contributed by atoms with Gasteiger partial charge in [-0.15, -0.1) is 11.6 Å². The van der Waals surface area contributed by atoms with Crippen molar-refractivity contribution in [2.45, 2.75) is 44.6 Å². The normalized spacial score (nSPS) is 29.5. The molecule has 0 saturated heterocycles. The highest BCUT2D eigenvalue weighted by Gasteiger charge is 2.40. The summed E-state index contributed by atoms with van der Waals surface area (Å²) >= 11 is 5.66. The highest BCUT2D eigenvalue weighted by Crippen LogP contribution is 2.41. The van der Waals surface area contributed by atoms with Gasteiger partial charge in [0.1, 0.15) is 5.60 Å². The molecule has 1 saturated carbocycles. The van der Waals surface area contributed by atoms with Crippen LogP contribution < -0.4 is 0 Å². The van der Waals surface area contributed by atoms with E-state index in [1.807, 2.05) is 0 Å². The van der Waals surface area contributed by atoms with Crippen molar-refractivity contribution in [1.29, 1.82) is 0 Å². The minimum Gasteiger partial charge on any atom is -0.370 e. The maximum Gasteiger partial charge on any atom is 0.227 e. The number of nitrogens with zero attached hydrogens (tertiary/aromatic N) is 2. The number of aryl methyl sites for hydroxylation is 1. The van der Waals surface area contributed by atoms with Crippen molar-refractivity contribution in [3.63, 3.8) is 0 Å². The lowest BCUT2D eigenvalue weighted by Gasteiger charge is -2.36. The Bertz CT molecular complexity index is 369. The second-order valence-electron chi connectivity index (χ2n) is 4.85. The monoisotopic (exact) mass is 258 g/mol. The third kappa shape index (κ3) is 2.63. The molecule has 0 aliphatic heterocycles. The summed E-state index contributed by atoms with van der Waals surface area (Å²) in [6.07, 6.45) is 4.94. The van der Waals surface area contributed by atoms with E-state index in [0.29, 0.717) is 29.9 Å². The summed E-state index contributed by atoms with van der Waals surface area (Å²) in [5.74, 6) is 2.42. The van der Waals surface area contributed by atoms with E-state index in [4.69, 9.17) is 20.9 Å². The molecule has 4 nitrogen and oxygen atoms in total. The molecule has 0 radical (unpaired) electrons. The predicted octanol–water partition coefficient (Wildman–Crippen LogP) is 2.90. The molecule has 17 heavy (non-hydrogen) atoms. The molecular weight excluding hydrogens is 240 g/mol. The molecule has 0 N–H and O–H groups in total. The second-order valence-corrected chi connectivity index (χ2v) is 5.23. The van der Waals surface area contributed by atoms with Crippen LogP contribution in [-0.2, 0) is 16.8 Å². The second kappa shape index (κ2) is 5.36. The third-order valence-electron chi connectivity index (χ3n) is 3.53. The number of hydrogen-bond donors (Lipinski definition) is 0. The molecule has 1 aliphatic carbocycles. The zero-order chi connectivity index (χ0) is 12.3. The molecule has 0 amide bonds. The van der Waals surface area contributed by atoms with Gasteiger partial charge in [-0.05, 0) is 25.2 Å². The number of aromatic nitrogens is 2. The van der Waals surface area contributed by atoms with E-state index in [0.717, 1.165) is 19.3 Å². The number of ether oxygens (including phenoxy) is 1. The van der Waals surface area contributed by atoms with Crippen LogP contribution in [0, 0.1) is 5.92 Å². The van der Waals surface area contributed by atoms with Gasteiger partial charge in [0.25, 0.3) is 0 Å². The molecule has 5 heteroatoms. The third-order valence-corrected chi connectivity index (χ3v) is 3.72. The Labute approximate surface area is 107 Å². The van der Waals surface area contributed by atoms with E-state index in [2.05, 4.69) is 17.1 Å². The largest absolute Gasteiger partial charge is 0.370 e. The highest BCUT2D eigenvalue weighted by atomic mass is 35.5. The number of rotatable bonds is 4. The van der Waals surface area contributed by atoms with Gasteiger partial charge < -0.3 is 9.26 Å². The average Bonchev–Trinajstić information content (AvgIpc) is 2.78. The number of methoxy groups -OCH3 is 1. The minimum atomic E-state index is -0.355. The Morgan fingerprint density at radius 1 is 1.59 bits per heavy atom. The lowest BCUT2D eigenvalue weighted by Crippen LogP contribution is -2.35. The van der Waals surface area contributed by atoms with Gasteiger partial charge in [0.05, 0.1) is 0 Å². The first-order valence-electron chi connectivity index (χ1n) is 6.14. The first-order valence-corrected chi connectivity index (χ1v) is 6.68. The van der Waals surface area contributed by atoms with E-state index in [1.54, 1.807) is 7.11 Å². The Morgan fingerprint density at radius 2 is 2.41 bits per heavy atom. The van der Waals surface area contributed by atoms with Crippen LogP contribution in [0.3, 0.4) is 0 Å². The Balaban J connectivity index is 2.20. The molecule has 0 bridgehead atoms. The lowest BCUT2D eigenvalue weighted by molar-refractivity contribution is -0.0658. The highest BCUT2D eigenvalue weighted by molar-refractivity contribution is 6.17. The quantitative estimate of drug-likeness (QED) is 0.779. The first kappa shape index (κ1) is 12.8. The molecule has 0 spiro atoms. The number of hydrogen-bond acceptors (Lipinski definition) is 4. The van der Waals surface area contributed by atoms with Gasteiger partial charge in [-0.1, -0.05) is 18.5 Å².